The third-order valence-electron chi connectivity index (χ3n) is 3.76. The van der Waals surface area contributed by atoms with Gasteiger partial charge >= 0.3 is 0 Å². The molecular weight excluding hydrogens is 326 g/mol. The van der Waals surface area contributed by atoms with Crippen molar-refractivity contribution in [3.8, 4) is 17.6 Å². The van der Waals surface area contributed by atoms with Crippen molar-refractivity contribution in [1.29, 1.82) is 5.26 Å². The number of nitrogens with zero attached hydrogens (tertiary/aromatic N) is 1. The molecule has 0 N–H and O–H groups in total. The zero-order chi connectivity index (χ0) is 18.2. The summed E-state index contributed by atoms with van der Waals surface area (Å²) >= 11 is 0. The van der Waals surface area contributed by atoms with E-state index in [2.05, 4.69) is 6.07 Å². The molecule has 0 fully saturated rings. The van der Waals surface area contributed by atoms with Crippen LogP contribution in [0.1, 0.15) is 21.5 Å². The first-order valence-electron chi connectivity index (χ1n) is 8.22. The molecule has 4 heteroatoms. The highest BCUT2D eigenvalue weighted by Gasteiger charge is 2.08. The number of nitriles is 1. The van der Waals surface area contributed by atoms with E-state index < -0.39 is 0 Å². The Balaban J connectivity index is 1.48. The summed E-state index contributed by atoms with van der Waals surface area (Å²) in [6.07, 6.45) is 0. The smallest absolute Gasteiger partial charge is 0.193 e. The summed E-state index contributed by atoms with van der Waals surface area (Å²) < 4.78 is 11.2. The molecule has 0 aliphatic rings. The van der Waals surface area contributed by atoms with Crippen LogP contribution >= 0.6 is 0 Å². The number of benzene rings is 3. The zero-order valence-electron chi connectivity index (χ0n) is 14.1. The average molecular weight is 343 g/mol. The van der Waals surface area contributed by atoms with Crippen molar-refractivity contribution in [1.82, 2.24) is 0 Å². The summed E-state index contributed by atoms with van der Waals surface area (Å²) in [5, 5.41) is 8.76. The maximum absolute atomic E-state index is 12.3. The second-order valence-corrected chi connectivity index (χ2v) is 5.55. The fraction of sp³-hybridized carbons (Fsp3) is 0.0909. The lowest BCUT2D eigenvalue weighted by Crippen LogP contribution is -2.09. The Hall–Kier alpha value is -3.58. The first kappa shape index (κ1) is 17.2. The van der Waals surface area contributed by atoms with Gasteiger partial charge in [-0.1, -0.05) is 30.3 Å². The number of carbonyl (C=O) groups excluding carboxylic acids is 1. The standard InChI is InChI=1S/C22H17NO3/c23-16-17-6-10-20(11-7-17)25-14-15-26-21-12-8-19(9-13-21)22(24)18-4-2-1-3-5-18/h1-13H,14-15H2. The van der Waals surface area contributed by atoms with Crippen molar-refractivity contribution >= 4 is 5.78 Å². The molecule has 3 aromatic rings. The minimum atomic E-state index is -0.0127. The number of rotatable bonds is 7. The van der Waals surface area contributed by atoms with E-state index in [9.17, 15) is 4.79 Å². The SMILES string of the molecule is N#Cc1ccc(OCCOc2ccc(C(=O)c3ccccc3)cc2)cc1. The van der Waals surface area contributed by atoms with Gasteiger partial charge in [-0.2, -0.15) is 5.26 Å². The van der Waals surface area contributed by atoms with Crippen molar-refractivity contribution < 1.29 is 14.3 Å². The number of ether oxygens (including phenoxy) is 2. The van der Waals surface area contributed by atoms with Gasteiger partial charge in [-0.25, -0.2) is 0 Å². The van der Waals surface area contributed by atoms with Crippen LogP contribution in [0.25, 0.3) is 0 Å². The number of hydrogen-bond acceptors (Lipinski definition) is 4. The molecule has 0 aliphatic carbocycles. The van der Waals surface area contributed by atoms with Crippen LogP contribution in [0, 0.1) is 11.3 Å². The molecule has 0 spiro atoms. The molecule has 0 unspecified atom stereocenters. The summed E-state index contributed by atoms with van der Waals surface area (Å²) in [6, 6.07) is 25.2. The van der Waals surface area contributed by atoms with E-state index >= 15 is 0 Å². The van der Waals surface area contributed by atoms with Gasteiger partial charge in [0.1, 0.15) is 24.7 Å². The molecule has 0 amide bonds. The lowest BCUT2D eigenvalue weighted by molar-refractivity contribution is 0.103. The predicted molar refractivity (Wildman–Crippen MR) is 98.5 cm³/mol. The number of ketones is 1. The Kier molecular flexibility index (Phi) is 5.64. The molecule has 0 heterocycles. The van der Waals surface area contributed by atoms with Crippen molar-refractivity contribution in [3.05, 3.63) is 95.6 Å². The molecule has 128 valence electrons. The molecule has 0 bridgehead atoms. The second-order valence-electron chi connectivity index (χ2n) is 5.55. The Bertz CT molecular complexity index is 895. The molecule has 3 rings (SSSR count). The first-order valence-corrected chi connectivity index (χ1v) is 8.22. The molecule has 0 radical (unpaired) electrons. The number of hydrogen-bond donors (Lipinski definition) is 0. The Labute approximate surface area is 152 Å². The summed E-state index contributed by atoms with van der Waals surface area (Å²) in [5.74, 6) is 1.36. The third kappa shape index (κ3) is 4.49. The molecular formula is C22H17NO3. The van der Waals surface area contributed by atoms with E-state index in [0.29, 0.717) is 41.4 Å². The normalized spacial score (nSPS) is 9.96. The van der Waals surface area contributed by atoms with Crippen LogP contribution in [0.3, 0.4) is 0 Å². The molecule has 26 heavy (non-hydrogen) atoms. The van der Waals surface area contributed by atoms with Gasteiger partial charge < -0.3 is 9.47 Å². The van der Waals surface area contributed by atoms with Gasteiger partial charge in [0.25, 0.3) is 0 Å². The second kappa shape index (κ2) is 8.50. The summed E-state index contributed by atoms with van der Waals surface area (Å²) in [6.45, 7) is 0.766. The van der Waals surface area contributed by atoms with E-state index in [-0.39, 0.29) is 5.78 Å². The molecule has 0 saturated heterocycles. The highest BCUT2D eigenvalue weighted by molar-refractivity contribution is 6.08. The minimum absolute atomic E-state index is 0.0127. The van der Waals surface area contributed by atoms with Gasteiger partial charge in [-0.05, 0) is 48.5 Å². The van der Waals surface area contributed by atoms with E-state index in [1.807, 2.05) is 18.2 Å². The van der Waals surface area contributed by atoms with Crippen molar-refractivity contribution in [2.45, 2.75) is 0 Å². The topological polar surface area (TPSA) is 59.3 Å². The van der Waals surface area contributed by atoms with Gasteiger partial charge in [0.2, 0.25) is 0 Å². The molecule has 4 nitrogen and oxygen atoms in total. The lowest BCUT2D eigenvalue weighted by Gasteiger charge is -2.09. The van der Waals surface area contributed by atoms with Crippen molar-refractivity contribution in [2.24, 2.45) is 0 Å². The van der Waals surface area contributed by atoms with Crippen molar-refractivity contribution in [3.63, 3.8) is 0 Å². The van der Waals surface area contributed by atoms with Crippen LogP contribution < -0.4 is 9.47 Å². The quantitative estimate of drug-likeness (QED) is 0.475. The molecule has 0 saturated carbocycles. The van der Waals surface area contributed by atoms with E-state index in [1.165, 1.54) is 0 Å². The molecule has 0 aromatic heterocycles. The van der Waals surface area contributed by atoms with E-state index in [1.54, 1.807) is 60.7 Å². The predicted octanol–water partition coefficient (Wildman–Crippen LogP) is 4.25. The highest BCUT2D eigenvalue weighted by atomic mass is 16.5. The fourth-order valence-corrected chi connectivity index (χ4v) is 2.40. The summed E-state index contributed by atoms with van der Waals surface area (Å²) in [7, 11) is 0. The maximum atomic E-state index is 12.3. The Morgan fingerprint density at radius 1 is 0.731 bits per heavy atom. The Morgan fingerprint density at radius 2 is 1.23 bits per heavy atom. The van der Waals surface area contributed by atoms with Crippen LogP contribution in [-0.2, 0) is 0 Å². The summed E-state index contributed by atoms with van der Waals surface area (Å²) in [5.41, 5.74) is 1.88. The molecule has 3 aromatic carbocycles. The highest BCUT2D eigenvalue weighted by Crippen LogP contribution is 2.16. The van der Waals surface area contributed by atoms with Gasteiger partial charge in [-0.3, -0.25) is 4.79 Å². The van der Waals surface area contributed by atoms with Gasteiger partial charge in [0.15, 0.2) is 5.78 Å². The van der Waals surface area contributed by atoms with Crippen LogP contribution in [0.5, 0.6) is 11.5 Å². The van der Waals surface area contributed by atoms with Gasteiger partial charge in [0, 0.05) is 11.1 Å². The molecule has 0 aliphatic heterocycles. The average Bonchev–Trinajstić information content (AvgIpc) is 2.72. The minimum Gasteiger partial charge on any atom is -0.490 e. The van der Waals surface area contributed by atoms with Crippen molar-refractivity contribution in [2.75, 3.05) is 13.2 Å². The monoisotopic (exact) mass is 343 g/mol. The van der Waals surface area contributed by atoms with E-state index in [0.717, 1.165) is 0 Å². The number of carbonyl (C=O) groups is 1. The maximum Gasteiger partial charge on any atom is 0.193 e. The zero-order valence-corrected chi connectivity index (χ0v) is 14.1. The van der Waals surface area contributed by atoms with Gasteiger partial charge in [-0.15, -0.1) is 0 Å². The van der Waals surface area contributed by atoms with E-state index in [4.69, 9.17) is 14.7 Å². The Morgan fingerprint density at radius 3 is 1.77 bits per heavy atom. The first-order chi connectivity index (χ1) is 12.8. The third-order valence-corrected chi connectivity index (χ3v) is 3.76. The van der Waals surface area contributed by atoms with Crippen LogP contribution in [0.4, 0.5) is 0 Å². The van der Waals surface area contributed by atoms with Gasteiger partial charge in [0.05, 0.1) is 11.6 Å². The van der Waals surface area contributed by atoms with Crippen LogP contribution in [-0.4, -0.2) is 19.0 Å². The van der Waals surface area contributed by atoms with Crippen LogP contribution in [0.2, 0.25) is 0 Å². The largest absolute Gasteiger partial charge is 0.490 e. The summed E-state index contributed by atoms with van der Waals surface area (Å²) in [4.78, 5) is 12.3. The molecule has 0 atom stereocenters. The van der Waals surface area contributed by atoms with Crippen LogP contribution in [0.15, 0.2) is 78.9 Å². The fourth-order valence-electron chi connectivity index (χ4n) is 2.40. The lowest BCUT2D eigenvalue weighted by atomic mass is 10.0.